The number of ether oxygens (including phenoxy) is 1. The number of pyridine rings is 1. The van der Waals surface area contributed by atoms with Crippen molar-refractivity contribution in [3.63, 3.8) is 0 Å². The van der Waals surface area contributed by atoms with Crippen molar-refractivity contribution in [2.75, 3.05) is 11.6 Å². The third-order valence-electron chi connectivity index (χ3n) is 4.02. The molecule has 0 aliphatic carbocycles. The highest BCUT2D eigenvalue weighted by atomic mass is 16.5. The van der Waals surface area contributed by atoms with Gasteiger partial charge in [-0.25, -0.2) is 0 Å². The number of hydrogen-bond donors (Lipinski definition) is 0. The molecule has 1 aromatic carbocycles. The van der Waals surface area contributed by atoms with Crippen LogP contribution < -0.4 is 4.90 Å². The molecule has 2 heterocycles. The first-order valence-electron chi connectivity index (χ1n) is 9.42. The largest absolute Gasteiger partial charge is 0.356 e. The maximum absolute atomic E-state index is 11.7. The van der Waals surface area contributed by atoms with E-state index in [4.69, 9.17) is 4.74 Å². The van der Waals surface area contributed by atoms with Crippen LogP contribution in [0.25, 0.3) is 0 Å². The van der Waals surface area contributed by atoms with E-state index in [1.165, 1.54) is 5.56 Å². The summed E-state index contributed by atoms with van der Waals surface area (Å²) in [5.74, 6) is 0.195. The van der Waals surface area contributed by atoms with E-state index in [1.54, 1.807) is 13.1 Å². The molecule has 1 aromatic heterocycles. The molecule has 0 bridgehead atoms. The number of carbonyl (C=O) groups excluding carboxylic acids is 1. The molecule has 0 fully saturated rings. The summed E-state index contributed by atoms with van der Waals surface area (Å²) < 4.78 is 5.52. The van der Waals surface area contributed by atoms with E-state index in [0.717, 1.165) is 24.1 Å². The average Bonchev–Trinajstić information content (AvgIpc) is 2.68. The Morgan fingerprint density at radius 2 is 1.92 bits per heavy atom. The number of nitrogens with zero attached hydrogens (tertiary/aromatic N) is 2. The summed E-state index contributed by atoms with van der Waals surface area (Å²) in [6.07, 6.45) is 5.42. The third kappa shape index (κ3) is 6.60. The Bertz CT molecular complexity index is 644. The van der Waals surface area contributed by atoms with Crippen LogP contribution in [0, 0.1) is 6.92 Å². The number of benzene rings is 1. The van der Waals surface area contributed by atoms with Gasteiger partial charge in [0.05, 0.1) is 12.6 Å². The number of rotatable bonds is 4. The summed E-state index contributed by atoms with van der Waals surface area (Å²) >= 11 is 0. The van der Waals surface area contributed by atoms with E-state index in [0.29, 0.717) is 13.3 Å². The highest BCUT2D eigenvalue weighted by Crippen LogP contribution is 2.28. The van der Waals surface area contributed by atoms with Gasteiger partial charge in [-0.1, -0.05) is 63.1 Å². The van der Waals surface area contributed by atoms with Crippen molar-refractivity contribution in [1.82, 2.24) is 4.98 Å². The summed E-state index contributed by atoms with van der Waals surface area (Å²) in [5, 5.41) is 0. The molecular formula is C22H32N2O2. The molecule has 142 valence electrons. The molecule has 3 rings (SSSR count). The van der Waals surface area contributed by atoms with Crippen LogP contribution in [0.1, 0.15) is 51.7 Å². The van der Waals surface area contributed by atoms with E-state index in [2.05, 4.69) is 31.0 Å². The van der Waals surface area contributed by atoms with Gasteiger partial charge < -0.3 is 9.64 Å². The lowest BCUT2D eigenvalue weighted by molar-refractivity contribution is -0.118. The number of ketones is 1. The summed E-state index contributed by atoms with van der Waals surface area (Å²) in [6.45, 7) is 10.9. The van der Waals surface area contributed by atoms with E-state index in [1.807, 2.05) is 49.2 Å². The zero-order valence-electron chi connectivity index (χ0n) is 16.7. The molecule has 26 heavy (non-hydrogen) atoms. The van der Waals surface area contributed by atoms with Crippen LogP contribution in [0.5, 0.6) is 0 Å². The van der Waals surface area contributed by atoms with Gasteiger partial charge in [-0.05, 0) is 26.3 Å². The maximum Gasteiger partial charge on any atom is 0.152 e. The predicted octanol–water partition coefficient (Wildman–Crippen LogP) is 5.15. The highest BCUT2D eigenvalue weighted by Gasteiger charge is 2.26. The average molecular weight is 357 g/mol. The highest BCUT2D eigenvalue weighted by molar-refractivity contribution is 5.85. The lowest BCUT2D eigenvalue weighted by Gasteiger charge is -2.36. The Kier molecular flexibility index (Phi) is 10.3. The zero-order chi connectivity index (χ0) is 19.4. The van der Waals surface area contributed by atoms with Gasteiger partial charge in [-0.2, -0.15) is 0 Å². The standard InChI is InChI=1S/C13H18N2O2.C7H8.C2H6/c1-3-4-12(10(2)16)15-9-17-8-11-7-14-6-5-13(11)15;1-7-5-3-2-4-6-7;1-2/h5-7,12H,3-4,8-9H2,1-2H3;2-6H,1H3;1-2H3. The van der Waals surface area contributed by atoms with Gasteiger partial charge in [0.15, 0.2) is 5.78 Å². The number of aryl methyl sites for hydroxylation is 1. The maximum atomic E-state index is 11.7. The van der Waals surface area contributed by atoms with Crippen LogP contribution in [-0.2, 0) is 16.1 Å². The summed E-state index contributed by atoms with van der Waals surface area (Å²) in [7, 11) is 0. The minimum atomic E-state index is -0.0820. The SMILES string of the molecule is CC.CCCC(C(C)=O)N1COCc2cnccc21.Cc1ccccc1. The second-order valence-electron chi connectivity index (χ2n) is 6.02. The Hall–Kier alpha value is -2.20. The van der Waals surface area contributed by atoms with E-state index in [-0.39, 0.29) is 11.8 Å². The molecule has 1 unspecified atom stereocenters. The van der Waals surface area contributed by atoms with Crippen LogP contribution in [-0.4, -0.2) is 23.5 Å². The smallest absolute Gasteiger partial charge is 0.152 e. The molecule has 0 spiro atoms. The van der Waals surface area contributed by atoms with Crippen molar-refractivity contribution < 1.29 is 9.53 Å². The fourth-order valence-corrected chi connectivity index (χ4v) is 2.78. The van der Waals surface area contributed by atoms with Crippen molar-refractivity contribution in [2.45, 2.75) is 60.1 Å². The van der Waals surface area contributed by atoms with Gasteiger partial charge in [0, 0.05) is 23.6 Å². The van der Waals surface area contributed by atoms with Crippen molar-refractivity contribution in [1.29, 1.82) is 0 Å². The Labute approximate surface area is 158 Å². The first kappa shape index (κ1) is 21.8. The number of anilines is 1. The molecular weight excluding hydrogens is 324 g/mol. The summed E-state index contributed by atoms with van der Waals surface area (Å²) in [5.41, 5.74) is 3.46. The van der Waals surface area contributed by atoms with E-state index in [9.17, 15) is 4.79 Å². The van der Waals surface area contributed by atoms with Crippen molar-refractivity contribution in [3.05, 3.63) is 59.9 Å². The molecule has 2 aromatic rings. The molecule has 0 saturated carbocycles. The molecule has 1 aliphatic rings. The second-order valence-corrected chi connectivity index (χ2v) is 6.02. The van der Waals surface area contributed by atoms with Crippen LogP contribution in [0.3, 0.4) is 0 Å². The third-order valence-corrected chi connectivity index (χ3v) is 4.02. The topological polar surface area (TPSA) is 42.4 Å². The van der Waals surface area contributed by atoms with Crippen LogP contribution in [0.15, 0.2) is 48.8 Å². The minimum absolute atomic E-state index is 0.0820. The molecule has 4 heteroatoms. The molecule has 1 aliphatic heterocycles. The van der Waals surface area contributed by atoms with Gasteiger partial charge >= 0.3 is 0 Å². The fraction of sp³-hybridized carbons (Fsp3) is 0.455. The lowest BCUT2D eigenvalue weighted by Crippen LogP contribution is -2.44. The molecule has 4 nitrogen and oxygen atoms in total. The second kappa shape index (κ2) is 12.2. The van der Waals surface area contributed by atoms with Crippen molar-refractivity contribution >= 4 is 11.5 Å². The Morgan fingerprint density at radius 3 is 2.46 bits per heavy atom. The molecule has 0 amide bonds. The molecule has 0 saturated heterocycles. The summed E-state index contributed by atoms with van der Waals surface area (Å²) in [6, 6.07) is 12.1. The van der Waals surface area contributed by atoms with E-state index >= 15 is 0 Å². The van der Waals surface area contributed by atoms with Gasteiger partial charge in [0.25, 0.3) is 0 Å². The first-order valence-corrected chi connectivity index (χ1v) is 9.42. The lowest BCUT2D eigenvalue weighted by atomic mass is 10.0. The van der Waals surface area contributed by atoms with Crippen LogP contribution in [0.4, 0.5) is 5.69 Å². The van der Waals surface area contributed by atoms with E-state index < -0.39 is 0 Å². The van der Waals surface area contributed by atoms with Gasteiger partial charge in [-0.3, -0.25) is 9.78 Å². The van der Waals surface area contributed by atoms with Crippen molar-refractivity contribution in [2.24, 2.45) is 0 Å². The first-order chi connectivity index (χ1) is 12.6. The Balaban J connectivity index is 0.000000313. The zero-order valence-corrected chi connectivity index (χ0v) is 16.7. The molecule has 0 N–H and O–H groups in total. The minimum Gasteiger partial charge on any atom is -0.356 e. The monoisotopic (exact) mass is 356 g/mol. The number of Topliss-reactive ketones (excluding diaryl/α,β-unsaturated/α-hetero) is 1. The molecule has 0 radical (unpaired) electrons. The van der Waals surface area contributed by atoms with Gasteiger partial charge in [0.1, 0.15) is 6.73 Å². The molecule has 1 atom stereocenters. The number of aromatic nitrogens is 1. The van der Waals surface area contributed by atoms with Crippen molar-refractivity contribution in [3.8, 4) is 0 Å². The predicted molar refractivity (Wildman–Crippen MR) is 108 cm³/mol. The number of fused-ring (bicyclic) bond motifs is 1. The Morgan fingerprint density at radius 1 is 1.23 bits per heavy atom. The summed E-state index contributed by atoms with van der Waals surface area (Å²) in [4.78, 5) is 17.9. The van der Waals surface area contributed by atoms with Crippen LogP contribution in [0.2, 0.25) is 0 Å². The normalized spacial score (nSPS) is 13.3. The fourth-order valence-electron chi connectivity index (χ4n) is 2.78. The number of carbonyl (C=O) groups is 1. The number of hydrogen-bond acceptors (Lipinski definition) is 4. The van der Waals surface area contributed by atoms with Crippen LogP contribution >= 0.6 is 0 Å². The van der Waals surface area contributed by atoms with Gasteiger partial charge in [-0.15, -0.1) is 0 Å². The van der Waals surface area contributed by atoms with Gasteiger partial charge in [0.2, 0.25) is 0 Å². The quantitative estimate of drug-likeness (QED) is 0.759.